The lowest BCUT2D eigenvalue weighted by Gasteiger charge is -2.16. The summed E-state index contributed by atoms with van der Waals surface area (Å²) in [6.45, 7) is 1.05. The van der Waals surface area contributed by atoms with Gasteiger partial charge in [-0.25, -0.2) is 8.42 Å². The number of carbonyl (C=O) groups excluding carboxylic acids is 1. The molecule has 1 N–H and O–H groups in total. The van der Waals surface area contributed by atoms with Gasteiger partial charge >= 0.3 is 0 Å². The number of terminal acetylenes is 1. The Balaban J connectivity index is 1.83. The fourth-order valence-electron chi connectivity index (χ4n) is 2.77. The van der Waals surface area contributed by atoms with Crippen LogP contribution in [0.1, 0.15) is 28.8 Å². The van der Waals surface area contributed by atoms with Crippen LogP contribution in [0.4, 0.5) is 5.69 Å². The van der Waals surface area contributed by atoms with E-state index in [-0.39, 0.29) is 16.4 Å². The third-order valence-electron chi connectivity index (χ3n) is 4.09. The minimum atomic E-state index is -3.55. The molecular formula is C19H18N2O3S. The Morgan fingerprint density at radius 3 is 2.52 bits per heavy atom. The summed E-state index contributed by atoms with van der Waals surface area (Å²) >= 11 is 0. The van der Waals surface area contributed by atoms with E-state index in [1.807, 2.05) is 0 Å². The molecule has 0 aromatic heterocycles. The van der Waals surface area contributed by atoms with E-state index in [0.717, 1.165) is 12.8 Å². The standard InChI is InChI=1S/C19H18N2O3S/c1-2-15-7-5-9-17(13-15)20-19(22)16-8-6-10-18(14-16)25(23,24)21-11-3-4-12-21/h1,5-10,13-14H,3-4,11-12H2,(H,20,22). The predicted molar refractivity (Wildman–Crippen MR) is 96.8 cm³/mol. The maximum Gasteiger partial charge on any atom is 0.255 e. The molecule has 128 valence electrons. The number of hydrogen-bond donors (Lipinski definition) is 1. The van der Waals surface area contributed by atoms with Crippen LogP contribution >= 0.6 is 0 Å². The molecule has 1 aliphatic rings. The minimum absolute atomic E-state index is 0.138. The van der Waals surface area contributed by atoms with Crippen molar-refractivity contribution in [2.24, 2.45) is 0 Å². The molecule has 0 radical (unpaired) electrons. The SMILES string of the molecule is C#Cc1cccc(NC(=O)c2cccc(S(=O)(=O)N3CCCC3)c2)c1. The zero-order valence-electron chi connectivity index (χ0n) is 13.6. The van der Waals surface area contributed by atoms with Gasteiger partial charge in [-0.2, -0.15) is 4.31 Å². The van der Waals surface area contributed by atoms with Crippen LogP contribution < -0.4 is 5.32 Å². The van der Waals surface area contributed by atoms with Crippen LogP contribution in [0, 0.1) is 12.3 Å². The highest BCUT2D eigenvalue weighted by atomic mass is 32.2. The molecule has 2 aromatic rings. The van der Waals surface area contributed by atoms with Crippen molar-refractivity contribution in [2.45, 2.75) is 17.7 Å². The van der Waals surface area contributed by atoms with Gasteiger partial charge in [0.1, 0.15) is 0 Å². The first-order chi connectivity index (χ1) is 12.0. The maximum atomic E-state index is 12.6. The van der Waals surface area contributed by atoms with Gasteiger partial charge in [-0.3, -0.25) is 4.79 Å². The summed E-state index contributed by atoms with van der Waals surface area (Å²) in [6, 6.07) is 13.0. The van der Waals surface area contributed by atoms with Gasteiger partial charge in [0.2, 0.25) is 10.0 Å². The molecule has 3 rings (SSSR count). The second kappa shape index (κ2) is 7.09. The Labute approximate surface area is 147 Å². The number of nitrogens with one attached hydrogen (secondary N) is 1. The summed E-state index contributed by atoms with van der Waals surface area (Å²) in [6.07, 6.45) is 7.09. The van der Waals surface area contributed by atoms with Gasteiger partial charge < -0.3 is 5.32 Å². The highest BCUT2D eigenvalue weighted by Crippen LogP contribution is 2.22. The lowest BCUT2D eigenvalue weighted by atomic mass is 10.2. The normalized spacial score (nSPS) is 14.8. The number of carbonyl (C=O) groups is 1. The monoisotopic (exact) mass is 354 g/mol. The molecule has 1 saturated heterocycles. The molecule has 0 atom stereocenters. The molecule has 5 nitrogen and oxygen atoms in total. The zero-order chi connectivity index (χ0) is 17.9. The van der Waals surface area contributed by atoms with E-state index < -0.39 is 10.0 Å². The van der Waals surface area contributed by atoms with Crippen molar-refractivity contribution in [1.82, 2.24) is 4.31 Å². The number of anilines is 1. The van der Waals surface area contributed by atoms with E-state index in [9.17, 15) is 13.2 Å². The van der Waals surface area contributed by atoms with Gasteiger partial charge in [0, 0.05) is 29.9 Å². The molecule has 1 amide bonds. The lowest BCUT2D eigenvalue weighted by molar-refractivity contribution is 0.102. The van der Waals surface area contributed by atoms with Crippen LogP contribution in [0.5, 0.6) is 0 Å². The predicted octanol–water partition coefficient (Wildman–Crippen LogP) is 2.70. The number of amides is 1. The quantitative estimate of drug-likeness (QED) is 0.859. The molecule has 0 bridgehead atoms. The number of hydrogen-bond acceptors (Lipinski definition) is 3. The Bertz CT molecular complexity index is 939. The third kappa shape index (κ3) is 3.73. The summed E-state index contributed by atoms with van der Waals surface area (Å²) in [4.78, 5) is 12.6. The number of rotatable bonds is 4. The average Bonchev–Trinajstić information content (AvgIpc) is 3.17. The molecule has 25 heavy (non-hydrogen) atoms. The van der Waals surface area contributed by atoms with E-state index >= 15 is 0 Å². The fourth-order valence-corrected chi connectivity index (χ4v) is 4.33. The molecule has 1 fully saturated rings. The highest BCUT2D eigenvalue weighted by Gasteiger charge is 2.27. The van der Waals surface area contributed by atoms with E-state index in [1.165, 1.54) is 16.4 Å². The van der Waals surface area contributed by atoms with Gasteiger partial charge in [0.05, 0.1) is 4.90 Å². The largest absolute Gasteiger partial charge is 0.322 e. The van der Waals surface area contributed by atoms with Crippen LogP contribution in [0.25, 0.3) is 0 Å². The molecule has 6 heteroatoms. The minimum Gasteiger partial charge on any atom is -0.322 e. The first kappa shape index (κ1) is 17.2. The van der Waals surface area contributed by atoms with Crippen LogP contribution in [0.2, 0.25) is 0 Å². The maximum absolute atomic E-state index is 12.6. The van der Waals surface area contributed by atoms with Crippen LogP contribution in [-0.2, 0) is 10.0 Å². The summed E-state index contributed by atoms with van der Waals surface area (Å²) < 4.78 is 26.7. The molecule has 0 unspecified atom stereocenters. The van der Waals surface area contributed by atoms with Crippen molar-refractivity contribution in [3.05, 3.63) is 59.7 Å². The van der Waals surface area contributed by atoms with E-state index in [1.54, 1.807) is 36.4 Å². The summed E-state index contributed by atoms with van der Waals surface area (Å²) in [5.74, 6) is 2.12. The Morgan fingerprint density at radius 2 is 1.80 bits per heavy atom. The van der Waals surface area contributed by atoms with Crippen molar-refractivity contribution in [3.8, 4) is 12.3 Å². The third-order valence-corrected chi connectivity index (χ3v) is 5.98. The van der Waals surface area contributed by atoms with Crippen molar-refractivity contribution in [3.63, 3.8) is 0 Å². The van der Waals surface area contributed by atoms with Crippen molar-refractivity contribution in [1.29, 1.82) is 0 Å². The van der Waals surface area contributed by atoms with Crippen LogP contribution in [0.3, 0.4) is 0 Å². The van der Waals surface area contributed by atoms with Gasteiger partial charge in [0.15, 0.2) is 0 Å². The van der Waals surface area contributed by atoms with Crippen LogP contribution in [-0.4, -0.2) is 31.7 Å². The Hall–Kier alpha value is -2.62. The van der Waals surface area contributed by atoms with Crippen molar-refractivity contribution in [2.75, 3.05) is 18.4 Å². The highest BCUT2D eigenvalue weighted by molar-refractivity contribution is 7.89. The topological polar surface area (TPSA) is 66.5 Å². The summed E-state index contributed by atoms with van der Waals surface area (Å²) in [5, 5.41) is 2.74. The van der Waals surface area contributed by atoms with Crippen molar-refractivity contribution < 1.29 is 13.2 Å². The Kier molecular flexibility index (Phi) is 4.88. The molecule has 1 heterocycles. The molecule has 0 aliphatic carbocycles. The lowest BCUT2D eigenvalue weighted by Crippen LogP contribution is -2.28. The van der Waals surface area contributed by atoms with Gasteiger partial charge in [-0.1, -0.05) is 18.1 Å². The number of nitrogens with zero attached hydrogens (tertiary/aromatic N) is 1. The smallest absolute Gasteiger partial charge is 0.255 e. The van der Waals surface area contributed by atoms with E-state index in [2.05, 4.69) is 11.2 Å². The summed E-state index contributed by atoms with van der Waals surface area (Å²) in [5.41, 5.74) is 1.50. The van der Waals surface area contributed by atoms with Crippen molar-refractivity contribution >= 4 is 21.6 Å². The zero-order valence-corrected chi connectivity index (χ0v) is 14.4. The van der Waals surface area contributed by atoms with E-state index in [0.29, 0.717) is 24.3 Å². The van der Waals surface area contributed by atoms with Gasteiger partial charge in [-0.15, -0.1) is 6.42 Å². The molecule has 2 aromatic carbocycles. The van der Waals surface area contributed by atoms with E-state index in [4.69, 9.17) is 6.42 Å². The average molecular weight is 354 g/mol. The molecular weight excluding hydrogens is 336 g/mol. The second-order valence-corrected chi connectivity index (χ2v) is 7.76. The fraction of sp³-hybridized carbons (Fsp3) is 0.211. The summed E-state index contributed by atoms with van der Waals surface area (Å²) in [7, 11) is -3.55. The molecule has 0 spiro atoms. The Morgan fingerprint density at radius 1 is 1.08 bits per heavy atom. The number of benzene rings is 2. The first-order valence-corrected chi connectivity index (χ1v) is 9.43. The molecule has 1 aliphatic heterocycles. The van der Waals surface area contributed by atoms with Gasteiger partial charge in [-0.05, 0) is 49.2 Å². The van der Waals surface area contributed by atoms with Crippen LogP contribution in [0.15, 0.2) is 53.4 Å². The first-order valence-electron chi connectivity index (χ1n) is 7.99. The van der Waals surface area contributed by atoms with Gasteiger partial charge in [0.25, 0.3) is 5.91 Å². The molecule has 0 saturated carbocycles. The second-order valence-electron chi connectivity index (χ2n) is 5.82. The number of sulfonamides is 1.